The van der Waals surface area contributed by atoms with Crippen LogP contribution in [0.4, 0.5) is 5.69 Å². The highest BCUT2D eigenvalue weighted by molar-refractivity contribution is 7.92. The molecule has 1 N–H and O–H groups in total. The summed E-state index contributed by atoms with van der Waals surface area (Å²) in [7, 11) is -3.76. The molecule has 3 rings (SSSR count). The summed E-state index contributed by atoms with van der Waals surface area (Å²) in [5.74, 6) is 0.0265. The first-order valence-electron chi connectivity index (χ1n) is 9.17. The molecule has 0 saturated carbocycles. The summed E-state index contributed by atoms with van der Waals surface area (Å²) >= 11 is 0. The first-order valence-corrected chi connectivity index (χ1v) is 10.7. The lowest BCUT2D eigenvalue weighted by Crippen LogP contribution is -2.15. The number of nitrogens with zero attached hydrogens (tertiary/aromatic N) is 2. The fourth-order valence-corrected chi connectivity index (χ4v) is 4.44. The van der Waals surface area contributed by atoms with Crippen molar-refractivity contribution in [1.82, 2.24) is 9.97 Å². The summed E-state index contributed by atoms with van der Waals surface area (Å²) in [4.78, 5) is 20.2. The fraction of sp³-hybridized carbons (Fsp3) is 0.227. The van der Waals surface area contributed by atoms with Crippen LogP contribution in [0.2, 0.25) is 0 Å². The van der Waals surface area contributed by atoms with Gasteiger partial charge in [-0.1, -0.05) is 12.1 Å². The number of nitrogens with one attached hydrogen (secondary N) is 1. The van der Waals surface area contributed by atoms with Crippen LogP contribution in [0, 0.1) is 20.8 Å². The molecule has 150 valence electrons. The molecule has 2 aromatic heterocycles. The van der Waals surface area contributed by atoms with Gasteiger partial charge in [-0.2, -0.15) is 0 Å². The molecule has 0 aliphatic heterocycles. The SMILES string of the molecule is CC(=O)Cc1cc(-c2cnc(C)c(NS(=O)(=O)c3cc(C)ccc3C)c2)ccn1. The van der Waals surface area contributed by atoms with Gasteiger partial charge in [-0.05, 0) is 68.7 Å². The highest BCUT2D eigenvalue weighted by atomic mass is 32.2. The molecule has 6 nitrogen and oxygen atoms in total. The normalized spacial score (nSPS) is 11.3. The molecule has 29 heavy (non-hydrogen) atoms. The van der Waals surface area contributed by atoms with Gasteiger partial charge in [0.25, 0.3) is 10.0 Å². The van der Waals surface area contributed by atoms with Crippen LogP contribution in [-0.2, 0) is 21.2 Å². The van der Waals surface area contributed by atoms with E-state index in [-0.39, 0.29) is 17.1 Å². The molecular weight excluding hydrogens is 386 g/mol. The van der Waals surface area contributed by atoms with E-state index in [4.69, 9.17) is 0 Å². The number of anilines is 1. The van der Waals surface area contributed by atoms with Gasteiger partial charge in [0.15, 0.2) is 0 Å². The van der Waals surface area contributed by atoms with E-state index in [0.717, 1.165) is 16.7 Å². The summed E-state index contributed by atoms with van der Waals surface area (Å²) in [5, 5.41) is 0. The van der Waals surface area contributed by atoms with Crippen molar-refractivity contribution in [3.8, 4) is 11.1 Å². The maximum Gasteiger partial charge on any atom is 0.262 e. The predicted octanol–water partition coefficient (Wildman–Crippen LogP) is 4.00. The van der Waals surface area contributed by atoms with Crippen LogP contribution in [0.25, 0.3) is 11.1 Å². The number of carbonyl (C=O) groups is 1. The zero-order valence-electron chi connectivity index (χ0n) is 16.9. The van der Waals surface area contributed by atoms with E-state index in [9.17, 15) is 13.2 Å². The second-order valence-corrected chi connectivity index (χ2v) is 8.80. The summed E-state index contributed by atoms with van der Waals surface area (Å²) in [6.45, 7) is 6.89. The molecule has 7 heteroatoms. The molecule has 0 unspecified atom stereocenters. The number of ketones is 1. The molecule has 0 fully saturated rings. The van der Waals surface area contributed by atoms with Crippen LogP contribution >= 0.6 is 0 Å². The molecule has 2 heterocycles. The van der Waals surface area contributed by atoms with Crippen molar-refractivity contribution in [2.45, 2.75) is 39.0 Å². The van der Waals surface area contributed by atoms with E-state index in [1.807, 2.05) is 19.1 Å². The number of rotatable bonds is 6. The number of carbonyl (C=O) groups excluding carboxylic acids is 1. The van der Waals surface area contributed by atoms with E-state index in [1.54, 1.807) is 50.5 Å². The van der Waals surface area contributed by atoms with E-state index in [2.05, 4.69) is 14.7 Å². The Morgan fingerprint density at radius 3 is 2.48 bits per heavy atom. The van der Waals surface area contributed by atoms with E-state index < -0.39 is 10.0 Å². The lowest BCUT2D eigenvalue weighted by atomic mass is 10.1. The van der Waals surface area contributed by atoms with Crippen LogP contribution < -0.4 is 4.72 Å². The highest BCUT2D eigenvalue weighted by Crippen LogP contribution is 2.27. The van der Waals surface area contributed by atoms with Crippen LogP contribution in [0.1, 0.15) is 29.4 Å². The number of pyridine rings is 2. The van der Waals surface area contributed by atoms with Crippen molar-refractivity contribution < 1.29 is 13.2 Å². The predicted molar refractivity (Wildman–Crippen MR) is 113 cm³/mol. The Morgan fingerprint density at radius 1 is 1.00 bits per heavy atom. The zero-order valence-corrected chi connectivity index (χ0v) is 17.7. The van der Waals surface area contributed by atoms with Crippen molar-refractivity contribution in [1.29, 1.82) is 0 Å². The summed E-state index contributed by atoms with van der Waals surface area (Å²) < 4.78 is 28.6. The van der Waals surface area contributed by atoms with Gasteiger partial charge in [0.1, 0.15) is 5.78 Å². The standard InChI is InChI=1S/C22H23N3O3S/c1-14-5-6-15(2)22(9-14)29(27,28)25-21-12-19(13-24-17(21)4)18-7-8-23-20(11-18)10-16(3)26/h5-9,11-13,25H,10H2,1-4H3. The second kappa shape index (κ2) is 8.13. The van der Waals surface area contributed by atoms with E-state index >= 15 is 0 Å². The Morgan fingerprint density at radius 2 is 1.76 bits per heavy atom. The summed E-state index contributed by atoms with van der Waals surface area (Å²) in [6, 6.07) is 10.7. The molecule has 1 aromatic carbocycles. The van der Waals surface area contributed by atoms with Crippen molar-refractivity contribution in [3.63, 3.8) is 0 Å². The Bertz CT molecular complexity index is 1190. The average molecular weight is 410 g/mol. The summed E-state index contributed by atoms with van der Waals surface area (Å²) in [5.41, 5.74) is 4.74. The molecule has 0 amide bonds. The Hall–Kier alpha value is -3.06. The Balaban J connectivity index is 1.98. The van der Waals surface area contributed by atoms with Crippen LogP contribution in [0.15, 0.2) is 53.7 Å². The topological polar surface area (TPSA) is 89.0 Å². The second-order valence-electron chi connectivity index (χ2n) is 7.15. The molecule has 0 atom stereocenters. The van der Waals surface area contributed by atoms with Gasteiger partial charge < -0.3 is 0 Å². The van der Waals surface area contributed by atoms with Crippen molar-refractivity contribution in [2.24, 2.45) is 0 Å². The molecule has 0 aliphatic rings. The Labute approximate surface area is 171 Å². The van der Waals surface area contributed by atoms with E-state index in [0.29, 0.717) is 22.6 Å². The maximum absolute atomic E-state index is 13.0. The highest BCUT2D eigenvalue weighted by Gasteiger charge is 2.19. The van der Waals surface area contributed by atoms with Crippen LogP contribution in [0.3, 0.4) is 0 Å². The number of sulfonamides is 1. The van der Waals surface area contributed by atoms with E-state index in [1.165, 1.54) is 6.92 Å². The Kier molecular flexibility index (Phi) is 5.79. The monoisotopic (exact) mass is 409 g/mol. The number of aryl methyl sites for hydroxylation is 3. The van der Waals surface area contributed by atoms with Crippen molar-refractivity contribution >= 4 is 21.5 Å². The third-order valence-electron chi connectivity index (χ3n) is 4.54. The number of benzene rings is 1. The minimum Gasteiger partial charge on any atom is -0.300 e. The average Bonchev–Trinajstić information content (AvgIpc) is 2.65. The van der Waals surface area contributed by atoms with Gasteiger partial charge in [0.2, 0.25) is 0 Å². The van der Waals surface area contributed by atoms with Crippen LogP contribution in [0.5, 0.6) is 0 Å². The van der Waals surface area contributed by atoms with Crippen molar-refractivity contribution in [3.05, 3.63) is 71.3 Å². The summed E-state index contributed by atoms with van der Waals surface area (Å²) in [6.07, 6.45) is 3.56. The van der Waals surface area contributed by atoms with Gasteiger partial charge >= 0.3 is 0 Å². The van der Waals surface area contributed by atoms with Gasteiger partial charge in [-0.25, -0.2) is 8.42 Å². The number of Topliss-reactive ketones (excluding diaryl/α,β-unsaturated/α-hetero) is 1. The third-order valence-corrected chi connectivity index (χ3v) is 6.05. The lowest BCUT2D eigenvalue weighted by molar-refractivity contribution is -0.116. The molecule has 3 aromatic rings. The largest absolute Gasteiger partial charge is 0.300 e. The van der Waals surface area contributed by atoms with Gasteiger partial charge in [-0.3, -0.25) is 19.5 Å². The zero-order chi connectivity index (χ0) is 21.2. The first kappa shape index (κ1) is 20.7. The minimum absolute atomic E-state index is 0.0265. The quantitative estimate of drug-likeness (QED) is 0.665. The molecular formula is C22H23N3O3S. The van der Waals surface area contributed by atoms with Gasteiger partial charge in [0, 0.05) is 30.1 Å². The number of aromatic nitrogens is 2. The molecule has 0 aliphatic carbocycles. The first-order chi connectivity index (χ1) is 13.7. The third kappa shape index (κ3) is 4.86. The molecule has 0 saturated heterocycles. The molecule has 0 bridgehead atoms. The maximum atomic E-state index is 13.0. The molecule has 0 radical (unpaired) electrons. The van der Waals surface area contributed by atoms with Gasteiger partial charge in [0.05, 0.1) is 16.3 Å². The minimum atomic E-state index is -3.76. The smallest absolute Gasteiger partial charge is 0.262 e. The van der Waals surface area contributed by atoms with Gasteiger partial charge in [-0.15, -0.1) is 0 Å². The number of hydrogen-bond donors (Lipinski definition) is 1. The number of hydrogen-bond acceptors (Lipinski definition) is 5. The van der Waals surface area contributed by atoms with Crippen LogP contribution in [-0.4, -0.2) is 24.2 Å². The lowest BCUT2D eigenvalue weighted by Gasteiger charge is -2.14. The molecule has 0 spiro atoms. The fourth-order valence-electron chi connectivity index (χ4n) is 3.00. The van der Waals surface area contributed by atoms with Crippen molar-refractivity contribution in [2.75, 3.05) is 4.72 Å².